The van der Waals surface area contributed by atoms with Gasteiger partial charge in [0.05, 0.1) is 0 Å². The first kappa shape index (κ1) is 8.42. The van der Waals surface area contributed by atoms with Crippen molar-refractivity contribution in [3.63, 3.8) is 0 Å². The smallest absolute Gasteiger partial charge is 0.123 e. The van der Waals surface area contributed by atoms with Gasteiger partial charge in [0.1, 0.15) is 5.82 Å². The summed E-state index contributed by atoms with van der Waals surface area (Å²) in [6, 6.07) is 5.25. The van der Waals surface area contributed by atoms with Crippen LogP contribution < -0.4 is 5.32 Å². The number of hydrogen-bond acceptors (Lipinski definition) is 1. The molecule has 74 valence electrons. The summed E-state index contributed by atoms with van der Waals surface area (Å²) in [5, 5.41) is 3.34. The Kier molecular flexibility index (Phi) is 1.68. The van der Waals surface area contributed by atoms with Crippen molar-refractivity contribution >= 4 is 0 Å². The van der Waals surface area contributed by atoms with Gasteiger partial charge in [-0.15, -0.1) is 0 Å². The van der Waals surface area contributed by atoms with Crippen molar-refractivity contribution in [2.24, 2.45) is 5.41 Å². The summed E-state index contributed by atoms with van der Waals surface area (Å²) >= 11 is 0. The van der Waals surface area contributed by atoms with Crippen LogP contribution in [-0.2, 0) is 12.8 Å². The van der Waals surface area contributed by atoms with Crippen molar-refractivity contribution in [1.82, 2.24) is 5.32 Å². The normalized spacial score (nSPS) is 22.9. The van der Waals surface area contributed by atoms with E-state index < -0.39 is 0 Å². The van der Waals surface area contributed by atoms with Gasteiger partial charge in [0.15, 0.2) is 0 Å². The number of benzene rings is 1. The van der Waals surface area contributed by atoms with Crippen molar-refractivity contribution in [1.29, 1.82) is 0 Å². The minimum Gasteiger partial charge on any atom is -0.316 e. The molecule has 1 aromatic carbocycles. The minimum atomic E-state index is -0.0913. The summed E-state index contributed by atoms with van der Waals surface area (Å²) in [7, 11) is 0. The first-order valence-electron chi connectivity index (χ1n) is 5.26. The molecule has 1 heterocycles. The molecule has 0 atom stereocenters. The zero-order valence-corrected chi connectivity index (χ0v) is 8.15. The first-order valence-corrected chi connectivity index (χ1v) is 5.26. The third-order valence-corrected chi connectivity index (χ3v) is 3.66. The molecule has 0 bridgehead atoms. The van der Waals surface area contributed by atoms with Crippen molar-refractivity contribution < 1.29 is 4.39 Å². The van der Waals surface area contributed by atoms with E-state index in [9.17, 15) is 4.39 Å². The molecule has 0 unspecified atom stereocenters. The second-order valence-electron chi connectivity index (χ2n) is 4.69. The SMILES string of the molecule is Fc1ccc2c(c1)CCC1(CNC1)C2. The Morgan fingerprint density at radius 1 is 1.21 bits per heavy atom. The molecular formula is C12H14FN. The van der Waals surface area contributed by atoms with Crippen LogP contribution in [-0.4, -0.2) is 13.1 Å². The molecule has 1 N–H and O–H groups in total. The van der Waals surface area contributed by atoms with Crippen LogP contribution >= 0.6 is 0 Å². The Morgan fingerprint density at radius 3 is 2.79 bits per heavy atom. The van der Waals surface area contributed by atoms with Crippen LogP contribution in [0.25, 0.3) is 0 Å². The Morgan fingerprint density at radius 2 is 2.07 bits per heavy atom. The highest BCUT2D eigenvalue weighted by Crippen LogP contribution is 2.38. The highest BCUT2D eigenvalue weighted by atomic mass is 19.1. The molecule has 1 saturated heterocycles. The third kappa shape index (κ3) is 1.17. The highest BCUT2D eigenvalue weighted by Gasteiger charge is 2.39. The molecule has 1 fully saturated rings. The summed E-state index contributed by atoms with van der Waals surface area (Å²) in [5.74, 6) is -0.0913. The second kappa shape index (κ2) is 2.80. The molecule has 3 rings (SSSR count). The molecule has 1 aromatic rings. The van der Waals surface area contributed by atoms with E-state index in [-0.39, 0.29) is 5.82 Å². The van der Waals surface area contributed by atoms with Crippen LogP contribution in [0.5, 0.6) is 0 Å². The quantitative estimate of drug-likeness (QED) is 0.660. The lowest BCUT2D eigenvalue weighted by molar-refractivity contribution is 0.143. The number of hydrogen-bond donors (Lipinski definition) is 1. The fourth-order valence-electron chi connectivity index (χ4n) is 2.67. The topological polar surface area (TPSA) is 12.0 Å². The number of rotatable bonds is 0. The average molecular weight is 191 g/mol. The van der Waals surface area contributed by atoms with Crippen LogP contribution in [0.2, 0.25) is 0 Å². The molecule has 1 nitrogen and oxygen atoms in total. The van der Waals surface area contributed by atoms with Crippen LogP contribution in [0.3, 0.4) is 0 Å². The summed E-state index contributed by atoms with van der Waals surface area (Å²) in [6.07, 6.45) is 3.40. The number of halogens is 1. The van der Waals surface area contributed by atoms with Gasteiger partial charge in [-0.2, -0.15) is 0 Å². The summed E-state index contributed by atoms with van der Waals surface area (Å²) in [6.45, 7) is 2.29. The number of aryl methyl sites for hydroxylation is 1. The van der Waals surface area contributed by atoms with Gasteiger partial charge in [-0.05, 0) is 47.9 Å². The van der Waals surface area contributed by atoms with Gasteiger partial charge in [-0.25, -0.2) is 4.39 Å². The maximum atomic E-state index is 13.0. The van der Waals surface area contributed by atoms with Gasteiger partial charge in [-0.1, -0.05) is 6.07 Å². The van der Waals surface area contributed by atoms with Crippen LogP contribution in [0.4, 0.5) is 4.39 Å². The summed E-state index contributed by atoms with van der Waals surface area (Å²) < 4.78 is 13.0. The summed E-state index contributed by atoms with van der Waals surface area (Å²) in [4.78, 5) is 0. The Bertz CT molecular complexity index is 369. The lowest BCUT2D eigenvalue weighted by Crippen LogP contribution is -2.56. The molecule has 0 saturated carbocycles. The van der Waals surface area contributed by atoms with Gasteiger partial charge in [0.25, 0.3) is 0 Å². The molecule has 1 aliphatic carbocycles. The van der Waals surface area contributed by atoms with Gasteiger partial charge < -0.3 is 5.32 Å². The van der Waals surface area contributed by atoms with Crippen LogP contribution in [0, 0.1) is 11.2 Å². The van der Waals surface area contributed by atoms with Crippen molar-refractivity contribution in [2.75, 3.05) is 13.1 Å². The molecule has 0 aromatic heterocycles. The molecule has 2 heteroatoms. The molecule has 0 radical (unpaired) electrons. The monoisotopic (exact) mass is 191 g/mol. The predicted octanol–water partition coefficient (Wildman–Crippen LogP) is 1.90. The Labute approximate surface area is 83.3 Å². The molecule has 14 heavy (non-hydrogen) atoms. The van der Waals surface area contributed by atoms with Gasteiger partial charge in [0.2, 0.25) is 0 Å². The van der Waals surface area contributed by atoms with E-state index in [2.05, 4.69) is 5.32 Å². The molecule has 1 spiro atoms. The fraction of sp³-hybridized carbons (Fsp3) is 0.500. The second-order valence-corrected chi connectivity index (χ2v) is 4.69. The van der Waals surface area contributed by atoms with E-state index in [1.807, 2.05) is 6.07 Å². The lowest BCUT2D eigenvalue weighted by atomic mass is 9.68. The van der Waals surface area contributed by atoms with E-state index in [0.29, 0.717) is 5.41 Å². The predicted molar refractivity (Wildman–Crippen MR) is 53.7 cm³/mol. The van der Waals surface area contributed by atoms with Crippen molar-refractivity contribution in [3.8, 4) is 0 Å². The van der Waals surface area contributed by atoms with Gasteiger partial charge >= 0.3 is 0 Å². The Hall–Kier alpha value is -0.890. The zero-order valence-electron chi connectivity index (χ0n) is 8.15. The van der Waals surface area contributed by atoms with Crippen molar-refractivity contribution in [2.45, 2.75) is 19.3 Å². The minimum absolute atomic E-state index is 0.0913. The van der Waals surface area contributed by atoms with E-state index >= 15 is 0 Å². The van der Waals surface area contributed by atoms with Crippen molar-refractivity contribution in [3.05, 3.63) is 35.1 Å². The number of fused-ring (bicyclic) bond motifs is 1. The van der Waals surface area contributed by atoms with E-state index in [0.717, 1.165) is 25.9 Å². The van der Waals surface area contributed by atoms with E-state index in [4.69, 9.17) is 0 Å². The van der Waals surface area contributed by atoms with Gasteiger partial charge in [-0.3, -0.25) is 0 Å². The molecule has 1 aliphatic heterocycles. The Balaban J connectivity index is 1.94. The standard InChI is InChI=1S/C12H14FN/c13-11-2-1-10-6-12(7-14-8-12)4-3-9(10)5-11/h1-2,5,14H,3-4,6-8H2. The molecule has 0 amide bonds. The maximum Gasteiger partial charge on any atom is 0.123 e. The number of nitrogens with one attached hydrogen (secondary N) is 1. The third-order valence-electron chi connectivity index (χ3n) is 3.66. The maximum absolute atomic E-state index is 13.0. The molecular weight excluding hydrogens is 177 g/mol. The lowest BCUT2D eigenvalue weighted by Gasteiger charge is -2.46. The van der Waals surface area contributed by atoms with E-state index in [1.54, 1.807) is 12.1 Å². The average Bonchev–Trinajstić information content (AvgIpc) is 2.15. The van der Waals surface area contributed by atoms with Crippen LogP contribution in [0.1, 0.15) is 17.5 Å². The largest absolute Gasteiger partial charge is 0.316 e. The summed E-state index contributed by atoms with van der Waals surface area (Å²) in [5.41, 5.74) is 3.09. The van der Waals surface area contributed by atoms with Gasteiger partial charge in [0, 0.05) is 13.1 Å². The molecule has 2 aliphatic rings. The fourth-order valence-corrected chi connectivity index (χ4v) is 2.67. The highest BCUT2D eigenvalue weighted by molar-refractivity contribution is 5.32. The van der Waals surface area contributed by atoms with Crippen LogP contribution in [0.15, 0.2) is 18.2 Å². The first-order chi connectivity index (χ1) is 6.77. The zero-order chi connectivity index (χ0) is 9.60. The van der Waals surface area contributed by atoms with E-state index in [1.165, 1.54) is 17.5 Å².